The number of aliphatic hydroxyl groups is 1. The summed E-state index contributed by atoms with van der Waals surface area (Å²) in [5, 5.41) is 10.3. The van der Waals surface area contributed by atoms with Crippen LogP contribution in [0.1, 0.15) is 44.2 Å². The highest BCUT2D eigenvalue weighted by Gasteiger charge is 2.33. The second-order valence-corrected chi connectivity index (χ2v) is 4.19. The molecule has 16 heavy (non-hydrogen) atoms. The van der Waals surface area contributed by atoms with Gasteiger partial charge in [0.25, 0.3) is 0 Å². The van der Waals surface area contributed by atoms with Crippen LogP contribution < -0.4 is 0 Å². The fraction of sp³-hybridized carbons (Fsp3) is 0.538. The first kappa shape index (κ1) is 13.1. The molecular weight excluding hydrogens is 210 g/mol. The van der Waals surface area contributed by atoms with Crippen molar-refractivity contribution in [3.63, 3.8) is 0 Å². The smallest absolute Gasteiger partial charge is 0.135 e. The first-order valence-corrected chi connectivity index (χ1v) is 5.63. The van der Waals surface area contributed by atoms with Gasteiger partial charge in [0.1, 0.15) is 11.6 Å². The standard InChI is InChI=1S/C13H18F2O/c1-4-8-13(16,5-2)11-10(14)7-6-9(3)12(11)15/h6-7,16H,4-5,8H2,1-3H3. The van der Waals surface area contributed by atoms with Crippen molar-refractivity contribution in [1.29, 1.82) is 0 Å². The van der Waals surface area contributed by atoms with Gasteiger partial charge in [0.2, 0.25) is 0 Å². The van der Waals surface area contributed by atoms with Gasteiger partial charge in [-0.1, -0.05) is 26.3 Å². The zero-order valence-corrected chi connectivity index (χ0v) is 9.98. The molecule has 0 amide bonds. The van der Waals surface area contributed by atoms with Gasteiger partial charge in [0, 0.05) is 0 Å². The molecule has 0 aliphatic heterocycles. The third-order valence-electron chi connectivity index (χ3n) is 3.00. The molecule has 1 nitrogen and oxygen atoms in total. The molecule has 1 aromatic carbocycles. The molecule has 0 saturated heterocycles. The van der Waals surface area contributed by atoms with Gasteiger partial charge < -0.3 is 5.11 Å². The number of hydrogen-bond donors (Lipinski definition) is 1. The summed E-state index contributed by atoms with van der Waals surface area (Å²) in [6.07, 6.45) is 1.34. The van der Waals surface area contributed by atoms with Crippen molar-refractivity contribution in [3.05, 3.63) is 34.9 Å². The third-order valence-corrected chi connectivity index (χ3v) is 3.00. The maximum absolute atomic E-state index is 13.9. The zero-order chi connectivity index (χ0) is 12.3. The lowest BCUT2D eigenvalue weighted by molar-refractivity contribution is 0.0154. The van der Waals surface area contributed by atoms with Crippen molar-refractivity contribution in [3.8, 4) is 0 Å². The van der Waals surface area contributed by atoms with Gasteiger partial charge in [-0.05, 0) is 31.4 Å². The first-order chi connectivity index (χ1) is 7.46. The van der Waals surface area contributed by atoms with E-state index in [0.29, 0.717) is 24.8 Å². The molecule has 0 heterocycles. The topological polar surface area (TPSA) is 20.2 Å². The minimum Gasteiger partial charge on any atom is -0.385 e. The van der Waals surface area contributed by atoms with Gasteiger partial charge in [-0.15, -0.1) is 0 Å². The van der Waals surface area contributed by atoms with Gasteiger partial charge in [-0.2, -0.15) is 0 Å². The molecule has 1 aromatic rings. The Labute approximate surface area is 95.1 Å². The van der Waals surface area contributed by atoms with Crippen LogP contribution in [0.2, 0.25) is 0 Å². The quantitative estimate of drug-likeness (QED) is 0.833. The van der Waals surface area contributed by atoms with Crippen LogP contribution in [0, 0.1) is 18.6 Å². The number of rotatable bonds is 4. The Morgan fingerprint density at radius 3 is 2.38 bits per heavy atom. The number of benzene rings is 1. The second-order valence-electron chi connectivity index (χ2n) is 4.19. The van der Waals surface area contributed by atoms with E-state index in [9.17, 15) is 13.9 Å². The van der Waals surface area contributed by atoms with Crippen LogP contribution in [0.3, 0.4) is 0 Å². The summed E-state index contributed by atoms with van der Waals surface area (Å²) in [7, 11) is 0. The molecule has 0 saturated carbocycles. The highest BCUT2D eigenvalue weighted by atomic mass is 19.1. The average molecular weight is 228 g/mol. The molecule has 3 heteroatoms. The van der Waals surface area contributed by atoms with Crippen molar-refractivity contribution in [2.24, 2.45) is 0 Å². The van der Waals surface area contributed by atoms with E-state index in [0.717, 1.165) is 0 Å². The van der Waals surface area contributed by atoms with E-state index >= 15 is 0 Å². The Morgan fingerprint density at radius 2 is 1.88 bits per heavy atom. The molecule has 1 unspecified atom stereocenters. The Balaban J connectivity index is 3.34. The molecule has 0 radical (unpaired) electrons. The van der Waals surface area contributed by atoms with E-state index in [1.807, 2.05) is 6.92 Å². The monoisotopic (exact) mass is 228 g/mol. The van der Waals surface area contributed by atoms with E-state index in [-0.39, 0.29) is 5.56 Å². The molecule has 0 spiro atoms. The third kappa shape index (κ3) is 2.24. The lowest BCUT2D eigenvalue weighted by Crippen LogP contribution is -2.27. The first-order valence-electron chi connectivity index (χ1n) is 5.63. The van der Waals surface area contributed by atoms with Gasteiger partial charge in [-0.3, -0.25) is 0 Å². The second kappa shape index (κ2) is 4.91. The van der Waals surface area contributed by atoms with E-state index in [1.165, 1.54) is 12.1 Å². The molecule has 1 rings (SSSR count). The highest BCUT2D eigenvalue weighted by Crippen LogP contribution is 2.34. The molecule has 90 valence electrons. The van der Waals surface area contributed by atoms with Gasteiger partial charge in [0.15, 0.2) is 0 Å². The Morgan fingerprint density at radius 1 is 1.25 bits per heavy atom. The van der Waals surface area contributed by atoms with Crippen LogP contribution >= 0.6 is 0 Å². The average Bonchev–Trinajstić information content (AvgIpc) is 2.24. The highest BCUT2D eigenvalue weighted by molar-refractivity contribution is 5.31. The van der Waals surface area contributed by atoms with E-state index < -0.39 is 17.2 Å². The van der Waals surface area contributed by atoms with Crippen LogP contribution in [-0.2, 0) is 5.60 Å². The van der Waals surface area contributed by atoms with Gasteiger partial charge >= 0.3 is 0 Å². The lowest BCUT2D eigenvalue weighted by atomic mass is 9.85. The van der Waals surface area contributed by atoms with Crippen molar-refractivity contribution >= 4 is 0 Å². The number of hydrogen-bond acceptors (Lipinski definition) is 1. The molecule has 0 aromatic heterocycles. The summed E-state index contributed by atoms with van der Waals surface area (Å²) in [5.41, 5.74) is -1.22. The largest absolute Gasteiger partial charge is 0.385 e. The van der Waals surface area contributed by atoms with Crippen molar-refractivity contribution in [2.75, 3.05) is 0 Å². The zero-order valence-electron chi connectivity index (χ0n) is 9.98. The summed E-state index contributed by atoms with van der Waals surface area (Å²) < 4.78 is 27.5. The van der Waals surface area contributed by atoms with Crippen LogP contribution in [0.25, 0.3) is 0 Å². The lowest BCUT2D eigenvalue weighted by Gasteiger charge is -2.28. The van der Waals surface area contributed by atoms with Crippen LogP contribution in [0.4, 0.5) is 8.78 Å². The Kier molecular flexibility index (Phi) is 4.03. The molecule has 0 aliphatic rings. The summed E-state index contributed by atoms with van der Waals surface area (Å²) >= 11 is 0. The Hall–Kier alpha value is -0.960. The molecule has 0 aliphatic carbocycles. The number of aryl methyl sites for hydroxylation is 1. The van der Waals surface area contributed by atoms with Crippen LogP contribution in [0.5, 0.6) is 0 Å². The minimum atomic E-state index is -1.39. The Bertz CT molecular complexity index is 376. The minimum absolute atomic E-state index is 0.183. The molecule has 1 atom stereocenters. The number of halogens is 2. The van der Waals surface area contributed by atoms with Gasteiger partial charge in [0.05, 0.1) is 11.2 Å². The maximum atomic E-state index is 13.9. The summed E-state index contributed by atoms with van der Waals surface area (Å²) in [6, 6.07) is 2.60. The summed E-state index contributed by atoms with van der Waals surface area (Å²) in [5.74, 6) is -1.29. The fourth-order valence-corrected chi connectivity index (χ4v) is 1.98. The SMILES string of the molecule is CCCC(O)(CC)c1c(F)ccc(C)c1F. The van der Waals surface area contributed by atoms with Gasteiger partial charge in [-0.25, -0.2) is 8.78 Å². The van der Waals surface area contributed by atoms with Crippen LogP contribution in [-0.4, -0.2) is 5.11 Å². The molecular formula is C13H18F2O. The van der Waals surface area contributed by atoms with E-state index in [4.69, 9.17) is 0 Å². The fourth-order valence-electron chi connectivity index (χ4n) is 1.98. The summed E-state index contributed by atoms with van der Waals surface area (Å²) in [4.78, 5) is 0. The molecule has 0 bridgehead atoms. The molecule has 0 fully saturated rings. The normalized spacial score (nSPS) is 14.9. The van der Waals surface area contributed by atoms with E-state index in [2.05, 4.69) is 0 Å². The van der Waals surface area contributed by atoms with Crippen molar-refractivity contribution < 1.29 is 13.9 Å². The predicted molar refractivity (Wildman–Crippen MR) is 60.2 cm³/mol. The predicted octanol–water partition coefficient (Wildman–Crippen LogP) is 3.67. The van der Waals surface area contributed by atoms with Crippen molar-refractivity contribution in [2.45, 2.75) is 45.6 Å². The van der Waals surface area contributed by atoms with Crippen molar-refractivity contribution in [1.82, 2.24) is 0 Å². The maximum Gasteiger partial charge on any atom is 0.135 e. The van der Waals surface area contributed by atoms with E-state index in [1.54, 1.807) is 13.8 Å². The molecule has 1 N–H and O–H groups in total. The van der Waals surface area contributed by atoms with Crippen LogP contribution in [0.15, 0.2) is 12.1 Å². The summed E-state index contributed by atoms with van der Waals surface area (Å²) in [6.45, 7) is 5.18.